The number of hydrogen-bond donors (Lipinski definition) is 1. The van der Waals surface area contributed by atoms with E-state index in [-0.39, 0.29) is 18.1 Å². The molecule has 2 aromatic rings. The molecule has 1 aromatic heterocycles. The van der Waals surface area contributed by atoms with Gasteiger partial charge in [-0.05, 0) is 6.07 Å². The van der Waals surface area contributed by atoms with Crippen LogP contribution in [0.15, 0.2) is 36.0 Å². The molecule has 4 nitrogen and oxygen atoms in total. The Morgan fingerprint density at radius 2 is 2.25 bits per heavy atom. The summed E-state index contributed by atoms with van der Waals surface area (Å²) in [6.07, 6.45) is 1.91. The highest BCUT2D eigenvalue weighted by Gasteiger charge is 2.43. The van der Waals surface area contributed by atoms with Gasteiger partial charge in [0.05, 0.1) is 25.1 Å². The van der Waals surface area contributed by atoms with E-state index in [2.05, 4.69) is 10.3 Å². The summed E-state index contributed by atoms with van der Waals surface area (Å²) in [4.78, 5) is 16.9. The van der Waals surface area contributed by atoms with Crippen LogP contribution in [0.5, 0.6) is 0 Å². The number of ether oxygens (including phenoxy) is 1. The minimum Gasteiger partial charge on any atom is -0.376 e. The second-order valence-corrected chi connectivity index (χ2v) is 5.72. The highest BCUT2D eigenvalue weighted by atomic mass is 32.1. The zero-order valence-corrected chi connectivity index (χ0v) is 11.5. The fraction of sp³-hybridized carbons (Fsp3) is 0.286. The molecule has 1 aromatic carbocycles. The van der Waals surface area contributed by atoms with E-state index in [1.807, 2.05) is 0 Å². The summed E-state index contributed by atoms with van der Waals surface area (Å²) >= 11 is 1.42. The van der Waals surface area contributed by atoms with Crippen molar-refractivity contribution in [3.05, 3.63) is 52.2 Å². The van der Waals surface area contributed by atoms with E-state index in [4.69, 9.17) is 4.74 Å². The van der Waals surface area contributed by atoms with Crippen molar-refractivity contribution in [1.29, 1.82) is 0 Å². The standard InChI is InChI=1S/C14H13FN2O2S/c15-12-4-2-1-3-11(12)14(7-19-8-14)17-13(18)5-10-6-16-9-20-10/h1-4,6,9H,5,7-8H2,(H,17,18). The summed E-state index contributed by atoms with van der Waals surface area (Å²) in [6.45, 7) is 0.588. The molecule has 20 heavy (non-hydrogen) atoms. The minimum absolute atomic E-state index is 0.152. The number of nitrogens with one attached hydrogen (secondary N) is 1. The van der Waals surface area contributed by atoms with Crippen LogP contribution in [0.4, 0.5) is 4.39 Å². The molecular weight excluding hydrogens is 279 g/mol. The third-order valence-electron chi connectivity index (χ3n) is 3.28. The molecule has 0 spiro atoms. The van der Waals surface area contributed by atoms with E-state index < -0.39 is 5.54 Å². The first kappa shape index (κ1) is 13.2. The fourth-order valence-electron chi connectivity index (χ4n) is 2.25. The molecule has 1 amide bonds. The van der Waals surface area contributed by atoms with E-state index in [1.54, 1.807) is 29.9 Å². The summed E-state index contributed by atoms with van der Waals surface area (Å²) < 4.78 is 19.1. The number of benzene rings is 1. The lowest BCUT2D eigenvalue weighted by molar-refractivity contribution is -0.133. The lowest BCUT2D eigenvalue weighted by Crippen LogP contribution is -2.60. The first-order valence-corrected chi connectivity index (χ1v) is 7.09. The Hall–Kier alpha value is -1.79. The molecule has 0 atom stereocenters. The van der Waals surface area contributed by atoms with Crippen molar-refractivity contribution in [2.24, 2.45) is 0 Å². The molecule has 2 heterocycles. The average Bonchev–Trinajstić information content (AvgIpc) is 2.88. The molecule has 1 fully saturated rings. The third-order valence-corrected chi connectivity index (χ3v) is 4.06. The predicted octanol–water partition coefficient (Wildman–Crippen LogP) is 1.87. The number of carbonyl (C=O) groups excluding carboxylic acids is 1. The zero-order chi connectivity index (χ0) is 14.0. The number of nitrogens with zero attached hydrogens (tertiary/aromatic N) is 1. The average molecular weight is 292 g/mol. The van der Waals surface area contributed by atoms with Crippen LogP contribution >= 0.6 is 11.3 Å². The molecular formula is C14H13FN2O2S. The van der Waals surface area contributed by atoms with Crippen LogP contribution < -0.4 is 5.32 Å². The van der Waals surface area contributed by atoms with Crippen LogP contribution in [0, 0.1) is 5.82 Å². The van der Waals surface area contributed by atoms with Gasteiger partial charge in [-0.3, -0.25) is 9.78 Å². The van der Waals surface area contributed by atoms with Crippen LogP contribution in [-0.2, 0) is 21.5 Å². The van der Waals surface area contributed by atoms with Crippen LogP contribution in [0.2, 0.25) is 0 Å². The number of halogens is 1. The van der Waals surface area contributed by atoms with Gasteiger partial charge in [-0.15, -0.1) is 11.3 Å². The van der Waals surface area contributed by atoms with E-state index in [0.29, 0.717) is 18.8 Å². The molecule has 1 aliphatic heterocycles. The topological polar surface area (TPSA) is 51.2 Å². The lowest BCUT2D eigenvalue weighted by Gasteiger charge is -2.42. The highest BCUT2D eigenvalue weighted by Crippen LogP contribution is 2.31. The maximum Gasteiger partial charge on any atom is 0.226 e. The maximum atomic E-state index is 13.9. The van der Waals surface area contributed by atoms with Gasteiger partial charge in [0, 0.05) is 16.6 Å². The number of aromatic nitrogens is 1. The summed E-state index contributed by atoms with van der Waals surface area (Å²) in [5.74, 6) is -0.477. The monoisotopic (exact) mass is 292 g/mol. The van der Waals surface area contributed by atoms with Crippen LogP contribution in [0.1, 0.15) is 10.4 Å². The van der Waals surface area contributed by atoms with Crippen LogP contribution in [-0.4, -0.2) is 24.1 Å². The van der Waals surface area contributed by atoms with Crippen LogP contribution in [0.3, 0.4) is 0 Å². The first-order valence-electron chi connectivity index (χ1n) is 6.21. The van der Waals surface area contributed by atoms with Crippen molar-refractivity contribution in [3.8, 4) is 0 Å². The van der Waals surface area contributed by atoms with Gasteiger partial charge in [0.15, 0.2) is 0 Å². The summed E-state index contributed by atoms with van der Waals surface area (Å²) in [5, 5.41) is 2.90. The Bertz CT molecular complexity index is 611. The Kier molecular flexibility index (Phi) is 3.50. The Labute approximate surface area is 119 Å². The Morgan fingerprint density at radius 3 is 2.85 bits per heavy atom. The SMILES string of the molecule is O=C(Cc1cncs1)NC1(c2ccccc2F)COC1. The molecule has 104 valence electrons. The van der Waals surface area contributed by atoms with Crippen molar-refractivity contribution in [2.75, 3.05) is 13.2 Å². The van der Waals surface area contributed by atoms with Crippen molar-refractivity contribution in [3.63, 3.8) is 0 Å². The number of rotatable bonds is 4. The lowest BCUT2D eigenvalue weighted by atomic mass is 9.87. The van der Waals surface area contributed by atoms with E-state index in [9.17, 15) is 9.18 Å². The van der Waals surface area contributed by atoms with Gasteiger partial charge < -0.3 is 10.1 Å². The minimum atomic E-state index is -0.743. The number of amides is 1. The van der Waals surface area contributed by atoms with Crippen molar-refractivity contribution in [1.82, 2.24) is 10.3 Å². The number of thiazole rings is 1. The number of hydrogen-bond acceptors (Lipinski definition) is 4. The third kappa shape index (κ3) is 2.44. The molecule has 0 bridgehead atoms. The smallest absolute Gasteiger partial charge is 0.226 e. The number of carbonyl (C=O) groups is 1. The van der Waals surface area contributed by atoms with Crippen LogP contribution in [0.25, 0.3) is 0 Å². The molecule has 3 rings (SSSR count). The van der Waals surface area contributed by atoms with Gasteiger partial charge in [-0.2, -0.15) is 0 Å². The molecule has 1 aliphatic rings. The van der Waals surface area contributed by atoms with Gasteiger partial charge in [0.25, 0.3) is 0 Å². The maximum absolute atomic E-state index is 13.9. The molecule has 0 radical (unpaired) electrons. The molecule has 0 saturated carbocycles. The van der Waals surface area contributed by atoms with Gasteiger partial charge in [0.1, 0.15) is 11.4 Å². The highest BCUT2D eigenvalue weighted by molar-refractivity contribution is 7.09. The van der Waals surface area contributed by atoms with Crippen molar-refractivity contribution >= 4 is 17.2 Å². The predicted molar refractivity (Wildman–Crippen MR) is 72.9 cm³/mol. The van der Waals surface area contributed by atoms with Crippen molar-refractivity contribution < 1.29 is 13.9 Å². The Balaban J connectivity index is 1.77. The van der Waals surface area contributed by atoms with Gasteiger partial charge >= 0.3 is 0 Å². The summed E-state index contributed by atoms with van der Waals surface area (Å²) in [5.41, 5.74) is 1.42. The first-order chi connectivity index (χ1) is 9.70. The fourth-order valence-corrected chi connectivity index (χ4v) is 2.84. The largest absolute Gasteiger partial charge is 0.376 e. The summed E-state index contributed by atoms with van der Waals surface area (Å²) in [7, 11) is 0. The zero-order valence-electron chi connectivity index (χ0n) is 10.6. The molecule has 0 unspecified atom stereocenters. The van der Waals surface area contributed by atoms with Crippen molar-refractivity contribution in [2.45, 2.75) is 12.0 Å². The second-order valence-electron chi connectivity index (χ2n) is 4.75. The Morgan fingerprint density at radius 1 is 1.45 bits per heavy atom. The quantitative estimate of drug-likeness (QED) is 0.936. The van der Waals surface area contributed by atoms with Gasteiger partial charge in [-0.1, -0.05) is 18.2 Å². The van der Waals surface area contributed by atoms with E-state index in [0.717, 1.165) is 4.88 Å². The molecule has 1 saturated heterocycles. The summed E-state index contributed by atoms with van der Waals surface area (Å²) in [6, 6.07) is 6.47. The van der Waals surface area contributed by atoms with Gasteiger partial charge in [0.2, 0.25) is 5.91 Å². The second kappa shape index (κ2) is 5.30. The molecule has 6 heteroatoms. The molecule has 1 N–H and O–H groups in total. The normalized spacial score (nSPS) is 16.4. The van der Waals surface area contributed by atoms with E-state index >= 15 is 0 Å². The van der Waals surface area contributed by atoms with E-state index in [1.165, 1.54) is 17.4 Å². The van der Waals surface area contributed by atoms with Gasteiger partial charge in [-0.25, -0.2) is 4.39 Å². The molecule has 0 aliphatic carbocycles.